The van der Waals surface area contributed by atoms with Crippen molar-refractivity contribution in [2.45, 2.75) is 25.0 Å². The Balaban J connectivity index is 1.34. The number of fused-ring (bicyclic) bond motifs is 2. The molecule has 1 aliphatic rings. The lowest BCUT2D eigenvalue weighted by molar-refractivity contribution is 0.0696. The van der Waals surface area contributed by atoms with Gasteiger partial charge in [-0.25, -0.2) is 4.79 Å². The second-order valence-electron chi connectivity index (χ2n) is 8.27. The average molecular weight is 424 g/mol. The summed E-state index contributed by atoms with van der Waals surface area (Å²) in [6.45, 7) is 1.48. The number of carbonyl (C=O) groups is 1. The number of hydrogen-bond acceptors (Lipinski definition) is 3. The first-order chi connectivity index (χ1) is 15.7. The molecule has 5 rings (SSSR count). The first-order valence-corrected chi connectivity index (χ1v) is 11.0. The van der Waals surface area contributed by atoms with E-state index in [2.05, 4.69) is 53.8 Å². The smallest absolute Gasteiger partial charge is 0.335 e. The second kappa shape index (κ2) is 8.85. The van der Waals surface area contributed by atoms with Crippen LogP contribution in [0.25, 0.3) is 10.8 Å². The van der Waals surface area contributed by atoms with Crippen LogP contribution in [0.1, 0.15) is 39.4 Å². The van der Waals surface area contributed by atoms with E-state index >= 15 is 0 Å². The van der Waals surface area contributed by atoms with E-state index in [4.69, 9.17) is 4.74 Å². The van der Waals surface area contributed by atoms with Crippen LogP contribution in [0.5, 0.6) is 5.75 Å². The number of ether oxygens (including phenoxy) is 1. The Bertz CT molecular complexity index is 1260. The summed E-state index contributed by atoms with van der Waals surface area (Å²) >= 11 is 0. The molecule has 0 amide bonds. The molecule has 0 aromatic heterocycles. The predicted octanol–water partition coefficient (Wildman–Crippen LogP) is 5.61. The SMILES string of the molecule is O=C(O)c1cccc(C2CC(CNCc3cccc4ccccc34)Oc3ccccc32)c1. The van der Waals surface area contributed by atoms with Crippen molar-refractivity contribution in [3.63, 3.8) is 0 Å². The van der Waals surface area contributed by atoms with Crippen LogP contribution in [0.15, 0.2) is 91.0 Å². The molecule has 4 heteroatoms. The van der Waals surface area contributed by atoms with E-state index in [1.807, 2.05) is 30.3 Å². The fourth-order valence-corrected chi connectivity index (χ4v) is 4.64. The quantitative estimate of drug-likeness (QED) is 0.423. The number of benzene rings is 4. The van der Waals surface area contributed by atoms with Gasteiger partial charge in [0.05, 0.1) is 5.56 Å². The summed E-state index contributed by atoms with van der Waals surface area (Å²) in [5.41, 5.74) is 3.71. The van der Waals surface area contributed by atoms with Gasteiger partial charge in [0.1, 0.15) is 11.9 Å². The topological polar surface area (TPSA) is 58.6 Å². The van der Waals surface area contributed by atoms with Crippen molar-refractivity contribution in [2.24, 2.45) is 0 Å². The number of para-hydroxylation sites is 1. The van der Waals surface area contributed by atoms with E-state index < -0.39 is 5.97 Å². The highest BCUT2D eigenvalue weighted by molar-refractivity contribution is 5.88. The zero-order chi connectivity index (χ0) is 21.9. The Hall–Kier alpha value is -3.63. The molecule has 160 valence electrons. The highest BCUT2D eigenvalue weighted by atomic mass is 16.5. The molecule has 1 aliphatic heterocycles. The van der Waals surface area contributed by atoms with Crippen LogP contribution in [0.2, 0.25) is 0 Å². The third-order valence-electron chi connectivity index (χ3n) is 6.19. The van der Waals surface area contributed by atoms with Gasteiger partial charge in [0.15, 0.2) is 0 Å². The maximum Gasteiger partial charge on any atom is 0.335 e. The zero-order valence-corrected chi connectivity index (χ0v) is 17.7. The number of rotatable bonds is 6. The van der Waals surface area contributed by atoms with Gasteiger partial charge in [-0.15, -0.1) is 0 Å². The molecule has 0 radical (unpaired) electrons. The lowest BCUT2D eigenvalue weighted by Crippen LogP contribution is -2.35. The largest absolute Gasteiger partial charge is 0.489 e. The molecule has 0 aliphatic carbocycles. The van der Waals surface area contributed by atoms with Crippen LogP contribution >= 0.6 is 0 Å². The zero-order valence-electron chi connectivity index (χ0n) is 17.7. The second-order valence-corrected chi connectivity index (χ2v) is 8.27. The van der Waals surface area contributed by atoms with Gasteiger partial charge < -0.3 is 15.2 Å². The van der Waals surface area contributed by atoms with Crippen molar-refractivity contribution in [3.05, 3.63) is 113 Å². The van der Waals surface area contributed by atoms with Gasteiger partial charge in [0, 0.05) is 24.6 Å². The third-order valence-corrected chi connectivity index (χ3v) is 6.19. The summed E-state index contributed by atoms with van der Waals surface area (Å²) < 4.78 is 6.31. The fourth-order valence-electron chi connectivity index (χ4n) is 4.64. The van der Waals surface area contributed by atoms with Crippen molar-refractivity contribution < 1.29 is 14.6 Å². The molecule has 0 spiro atoms. The molecule has 4 nitrogen and oxygen atoms in total. The maximum absolute atomic E-state index is 11.5. The van der Waals surface area contributed by atoms with Crippen LogP contribution < -0.4 is 10.1 Å². The monoisotopic (exact) mass is 423 g/mol. The minimum Gasteiger partial charge on any atom is -0.489 e. The van der Waals surface area contributed by atoms with Gasteiger partial charge in [-0.3, -0.25) is 0 Å². The fraction of sp³-hybridized carbons (Fsp3) is 0.179. The van der Waals surface area contributed by atoms with Gasteiger partial charge in [-0.1, -0.05) is 72.8 Å². The lowest BCUT2D eigenvalue weighted by Gasteiger charge is -2.33. The maximum atomic E-state index is 11.5. The minimum absolute atomic E-state index is 0.00152. The summed E-state index contributed by atoms with van der Waals surface area (Å²) in [4.78, 5) is 11.5. The Morgan fingerprint density at radius 2 is 1.72 bits per heavy atom. The lowest BCUT2D eigenvalue weighted by atomic mass is 9.83. The van der Waals surface area contributed by atoms with E-state index in [1.54, 1.807) is 12.1 Å². The normalized spacial score (nSPS) is 17.5. The highest BCUT2D eigenvalue weighted by Crippen LogP contribution is 2.40. The van der Waals surface area contributed by atoms with E-state index in [-0.39, 0.29) is 12.0 Å². The van der Waals surface area contributed by atoms with Crippen LogP contribution in [0.4, 0.5) is 0 Å². The average Bonchev–Trinajstić information content (AvgIpc) is 2.84. The summed E-state index contributed by atoms with van der Waals surface area (Å²) in [7, 11) is 0. The van der Waals surface area contributed by atoms with Crippen LogP contribution in [-0.2, 0) is 6.54 Å². The van der Waals surface area contributed by atoms with E-state index in [1.165, 1.54) is 16.3 Å². The van der Waals surface area contributed by atoms with E-state index in [0.29, 0.717) is 12.1 Å². The molecule has 0 saturated carbocycles. The standard InChI is InChI=1S/C28H25NO3/c30-28(31)21-10-6-9-20(15-21)26-16-23(32-27-14-4-3-13-25(26)27)18-29-17-22-11-5-8-19-7-1-2-12-24(19)22/h1-15,23,26,29H,16-18H2,(H,30,31). The van der Waals surface area contributed by atoms with Crippen molar-refractivity contribution in [1.29, 1.82) is 0 Å². The summed E-state index contributed by atoms with van der Waals surface area (Å²) in [5.74, 6) is 0.0746. The third kappa shape index (κ3) is 4.10. The number of carboxylic acids is 1. The van der Waals surface area contributed by atoms with Crippen molar-refractivity contribution in [1.82, 2.24) is 5.32 Å². The molecular formula is C28H25NO3. The molecule has 2 unspecified atom stereocenters. The first kappa shape index (κ1) is 20.3. The molecule has 1 heterocycles. The number of aromatic carboxylic acids is 1. The molecule has 0 bridgehead atoms. The highest BCUT2D eigenvalue weighted by Gasteiger charge is 2.29. The Morgan fingerprint density at radius 1 is 0.938 bits per heavy atom. The summed E-state index contributed by atoms with van der Waals surface area (Å²) in [6, 6.07) is 30.1. The molecule has 4 aromatic rings. The van der Waals surface area contributed by atoms with Gasteiger partial charge >= 0.3 is 5.97 Å². The summed E-state index contributed by atoms with van der Waals surface area (Å²) in [6.07, 6.45) is 0.793. The number of carboxylic acid groups (broad SMARTS) is 1. The van der Waals surface area contributed by atoms with Gasteiger partial charge in [0.25, 0.3) is 0 Å². The van der Waals surface area contributed by atoms with Crippen molar-refractivity contribution in [2.75, 3.05) is 6.54 Å². The van der Waals surface area contributed by atoms with Gasteiger partial charge in [-0.05, 0) is 46.5 Å². The number of nitrogens with one attached hydrogen (secondary N) is 1. The Morgan fingerprint density at radius 3 is 2.62 bits per heavy atom. The first-order valence-electron chi connectivity index (χ1n) is 11.0. The molecule has 4 aromatic carbocycles. The molecule has 2 atom stereocenters. The van der Waals surface area contributed by atoms with E-state index in [9.17, 15) is 9.90 Å². The van der Waals surface area contributed by atoms with Gasteiger partial charge in [0.2, 0.25) is 0 Å². The molecule has 0 saturated heterocycles. The number of hydrogen-bond donors (Lipinski definition) is 2. The molecule has 2 N–H and O–H groups in total. The van der Waals surface area contributed by atoms with Gasteiger partial charge in [-0.2, -0.15) is 0 Å². The minimum atomic E-state index is -0.902. The van der Waals surface area contributed by atoms with E-state index in [0.717, 1.165) is 29.8 Å². The van der Waals surface area contributed by atoms with Crippen LogP contribution in [0, 0.1) is 0 Å². The Labute approximate surface area is 187 Å². The molecule has 32 heavy (non-hydrogen) atoms. The summed E-state index contributed by atoms with van der Waals surface area (Å²) in [5, 5.41) is 15.5. The molecular weight excluding hydrogens is 398 g/mol. The molecule has 0 fully saturated rings. The van der Waals surface area contributed by atoms with Crippen LogP contribution in [0.3, 0.4) is 0 Å². The van der Waals surface area contributed by atoms with Crippen molar-refractivity contribution >= 4 is 16.7 Å². The predicted molar refractivity (Wildman–Crippen MR) is 126 cm³/mol. The van der Waals surface area contributed by atoms with Crippen LogP contribution in [-0.4, -0.2) is 23.7 Å². The van der Waals surface area contributed by atoms with Crippen molar-refractivity contribution in [3.8, 4) is 5.75 Å². The Kier molecular flexibility index (Phi) is 5.61.